The molecule has 3 heteroatoms. The van der Waals surface area contributed by atoms with Crippen LogP contribution in [0.1, 0.15) is 5.56 Å². The summed E-state index contributed by atoms with van der Waals surface area (Å²) in [4.78, 5) is 4.12. The fourth-order valence-corrected chi connectivity index (χ4v) is 2.01. The average Bonchev–Trinajstić information content (AvgIpc) is 2.71. The molecule has 0 amide bonds. The summed E-state index contributed by atoms with van der Waals surface area (Å²) in [5, 5.41) is 2.39. The number of anilines is 1. The van der Waals surface area contributed by atoms with Gasteiger partial charge >= 0.3 is 0 Å². The summed E-state index contributed by atoms with van der Waals surface area (Å²) in [6.07, 6.45) is 7.91. The number of benzene rings is 1. The van der Waals surface area contributed by atoms with Gasteiger partial charge in [-0.1, -0.05) is 12.1 Å². The van der Waals surface area contributed by atoms with Crippen molar-refractivity contribution in [2.75, 3.05) is 5.73 Å². The Labute approximate surface area is 99.5 Å². The molecule has 0 spiro atoms. The maximum absolute atomic E-state index is 5.77. The lowest BCUT2D eigenvalue weighted by Crippen LogP contribution is -1.95. The van der Waals surface area contributed by atoms with E-state index in [0.29, 0.717) is 0 Å². The molecule has 84 valence electrons. The summed E-state index contributed by atoms with van der Waals surface area (Å²) < 4.78 is 2.15. The van der Waals surface area contributed by atoms with Crippen LogP contribution in [0.4, 0.5) is 5.69 Å². The van der Waals surface area contributed by atoms with E-state index in [2.05, 4.69) is 28.0 Å². The van der Waals surface area contributed by atoms with Crippen LogP contribution >= 0.6 is 0 Å². The van der Waals surface area contributed by atoms with Gasteiger partial charge in [0.2, 0.25) is 0 Å². The van der Waals surface area contributed by atoms with Crippen molar-refractivity contribution >= 4 is 16.5 Å². The van der Waals surface area contributed by atoms with Crippen LogP contribution in [0.15, 0.2) is 55.1 Å². The highest BCUT2D eigenvalue weighted by molar-refractivity contribution is 5.85. The first-order valence-electron chi connectivity index (χ1n) is 5.55. The number of pyridine rings is 1. The van der Waals surface area contributed by atoms with Gasteiger partial charge in [0.25, 0.3) is 0 Å². The van der Waals surface area contributed by atoms with Crippen LogP contribution in [-0.4, -0.2) is 9.55 Å². The van der Waals surface area contributed by atoms with Gasteiger partial charge in [-0.3, -0.25) is 4.98 Å². The van der Waals surface area contributed by atoms with E-state index in [4.69, 9.17) is 5.73 Å². The molecule has 0 bridgehead atoms. The number of aromatic nitrogens is 2. The van der Waals surface area contributed by atoms with Gasteiger partial charge in [-0.25, -0.2) is 0 Å². The van der Waals surface area contributed by atoms with Crippen LogP contribution in [0.3, 0.4) is 0 Å². The van der Waals surface area contributed by atoms with Crippen molar-refractivity contribution in [3.63, 3.8) is 0 Å². The third-order valence-corrected chi connectivity index (χ3v) is 2.81. The molecular weight excluding hydrogens is 210 g/mol. The van der Waals surface area contributed by atoms with Crippen LogP contribution in [0.2, 0.25) is 0 Å². The van der Waals surface area contributed by atoms with E-state index in [1.807, 2.05) is 30.5 Å². The van der Waals surface area contributed by atoms with Gasteiger partial charge in [0.15, 0.2) is 0 Å². The van der Waals surface area contributed by atoms with Crippen molar-refractivity contribution in [1.29, 1.82) is 0 Å². The second-order valence-electron chi connectivity index (χ2n) is 4.18. The molecule has 0 aliphatic rings. The van der Waals surface area contributed by atoms with Gasteiger partial charge in [0.1, 0.15) is 0 Å². The highest BCUT2D eigenvalue weighted by Crippen LogP contribution is 2.19. The zero-order valence-corrected chi connectivity index (χ0v) is 9.38. The largest absolute Gasteiger partial charge is 0.399 e. The molecule has 0 fully saturated rings. The van der Waals surface area contributed by atoms with Crippen LogP contribution in [0.5, 0.6) is 0 Å². The Morgan fingerprint density at radius 3 is 2.82 bits per heavy atom. The van der Waals surface area contributed by atoms with Crippen LogP contribution in [0.25, 0.3) is 10.8 Å². The van der Waals surface area contributed by atoms with E-state index in [9.17, 15) is 0 Å². The van der Waals surface area contributed by atoms with Gasteiger partial charge in [-0.15, -0.1) is 0 Å². The third-order valence-electron chi connectivity index (χ3n) is 2.81. The predicted octanol–water partition coefficient (Wildman–Crippen LogP) is 2.67. The van der Waals surface area contributed by atoms with Gasteiger partial charge in [0, 0.05) is 42.4 Å². The molecule has 0 unspecified atom stereocenters. The molecule has 2 heterocycles. The summed E-state index contributed by atoms with van der Waals surface area (Å²) in [6, 6.07) is 10.00. The second kappa shape index (κ2) is 3.94. The van der Waals surface area contributed by atoms with E-state index in [1.165, 1.54) is 16.3 Å². The zero-order chi connectivity index (χ0) is 11.7. The summed E-state index contributed by atoms with van der Waals surface area (Å²) >= 11 is 0. The molecule has 0 atom stereocenters. The summed E-state index contributed by atoms with van der Waals surface area (Å²) in [5.74, 6) is 0. The normalized spacial score (nSPS) is 10.8. The van der Waals surface area contributed by atoms with E-state index in [-0.39, 0.29) is 0 Å². The summed E-state index contributed by atoms with van der Waals surface area (Å²) in [6.45, 7) is 0.836. The topological polar surface area (TPSA) is 43.8 Å². The molecule has 3 rings (SSSR count). The van der Waals surface area contributed by atoms with Gasteiger partial charge in [-0.2, -0.15) is 0 Å². The summed E-state index contributed by atoms with van der Waals surface area (Å²) in [5.41, 5.74) is 7.76. The Hall–Kier alpha value is -2.29. The maximum Gasteiger partial charge on any atom is 0.0485 e. The first-order chi connectivity index (χ1) is 8.31. The molecular formula is C14H13N3. The fraction of sp³-hybridized carbons (Fsp3) is 0.0714. The molecule has 0 aliphatic heterocycles. The monoisotopic (exact) mass is 223 g/mol. The highest BCUT2D eigenvalue weighted by atomic mass is 14.9. The van der Waals surface area contributed by atoms with Gasteiger partial charge in [0.05, 0.1) is 0 Å². The van der Waals surface area contributed by atoms with Crippen LogP contribution < -0.4 is 5.73 Å². The Balaban J connectivity index is 1.96. The molecule has 2 N–H and O–H groups in total. The van der Waals surface area contributed by atoms with Gasteiger partial charge < -0.3 is 10.3 Å². The Morgan fingerprint density at radius 1 is 1.12 bits per heavy atom. The molecule has 0 saturated carbocycles. The molecule has 2 aromatic heterocycles. The third kappa shape index (κ3) is 1.99. The maximum atomic E-state index is 5.77. The minimum atomic E-state index is 0.802. The Bertz CT molecular complexity index is 641. The lowest BCUT2D eigenvalue weighted by molar-refractivity contribution is 0.805. The molecule has 17 heavy (non-hydrogen) atoms. The Kier molecular flexibility index (Phi) is 2.29. The number of hydrogen-bond donors (Lipinski definition) is 1. The number of nitrogen functional groups attached to an aromatic ring is 1. The van der Waals surface area contributed by atoms with Crippen molar-refractivity contribution in [3.8, 4) is 0 Å². The van der Waals surface area contributed by atoms with Crippen molar-refractivity contribution < 1.29 is 0 Å². The predicted molar refractivity (Wildman–Crippen MR) is 69.7 cm³/mol. The fourth-order valence-electron chi connectivity index (χ4n) is 2.01. The minimum Gasteiger partial charge on any atom is -0.399 e. The first-order valence-corrected chi connectivity index (χ1v) is 5.55. The van der Waals surface area contributed by atoms with Crippen molar-refractivity contribution in [2.24, 2.45) is 0 Å². The van der Waals surface area contributed by atoms with E-state index >= 15 is 0 Å². The lowest BCUT2D eigenvalue weighted by atomic mass is 10.2. The molecule has 0 radical (unpaired) electrons. The van der Waals surface area contributed by atoms with Gasteiger partial charge in [-0.05, 0) is 29.1 Å². The zero-order valence-electron chi connectivity index (χ0n) is 9.38. The number of fused-ring (bicyclic) bond motifs is 1. The van der Waals surface area contributed by atoms with E-state index in [1.54, 1.807) is 6.20 Å². The lowest BCUT2D eigenvalue weighted by Gasteiger charge is -2.01. The number of rotatable bonds is 2. The van der Waals surface area contributed by atoms with Crippen LogP contribution in [0, 0.1) is 0 Å². The first kappa shape index (κ1) is 9.90. The highest BCUT2D eigenvalue weighted by Gasteiger charge is 2.00. The minimum absolute atomic E-state index is 0.802. The van der Waals surface area contributed by atoms with Crippen molar-refractivity contribution in [2.45, 2.75) is 6.54 Å². The van der Waals surface area contributed by atoms with Crippen LogP contribution in [-0.2, 0) is 6.54 Å². The molecule has 3 aromatic rings. The van der Waals surface area contributed by atoms with E-state index < -0.39 is 0 Å². The molecule has 0 saturated heterocycles. The molecule has 1 aromatic carbocycles. The van der Waals surface area contributed by atoms with Crippen molar-refractivity contribution in [1.82, 2.24) is 9.55 Å². The molecule has 3 nitrogen and oxygen atoms in total. The van der Waals surface area contributed by atoms with Crippen molar-refractivity contribution in [3.05, 3.63) is 60.7 Å². The average molecular weight is 223 g/mol. The molecule has 0 aliphatic carbocycles. The Morgan fingerprint density at radius 2 is 2.00 bits per heavy atom. The second-order valence-corrected chi connectivity index (χ2v) is 4.18. The van der Waals surface area contributed by atoms with E-state index in [0.717, 1.165) is 12.2 Å². The quantitative estimate of drug-likeness (QED) is 0.679. The summed E-state index contributed by atoms with van der Waals surface area (Å²) in [7, 11) is 0. The number of nitrogens with two attached hydrogens (primary N) is 1. The smallest absolute Gasteiger partial charge is 0.0485 e. The standard InChI is InChI=1S/C14H13N3/c15-14-4-3-12-9-17(10-13(12)6-14)8-11-2-1-5-16-7-11/h1-7,9-10H,8,15H2. The number of hydrogen-bond acceptors (Lipinski definition) is 2. The SMILES string of the molecule is Nc1ccc2cn(Cc3cccnc3)cc2c1. The number of nitrogens with zero attached hydrogens (tertiary/aromatic N) is 2.